The van der Waals surface area contributed by atoms with Gasteiger partial charge in [0.05, 0.1) is 12.1 Å². The molecule has 4 heteroatoms. The summed E-state index contributed by atoms with van der Waals surface area (Å²) in [5, 5.41) is 3.07. The van der Waals surface area contributed by atoms with Crippen LogP contribution in [0.15, 0.2) is 4.99 Å². The summed E-state index contributed by atoms with van der Waals surface area (Å²) in [7, 11) is 1.67. The Labute approximate surface area is 73.2 Å². The Hall–Kier alpha value is -0.770. The van der Waals surface area contributed by atoms with E-state index in [0.29, 0.717) is 12.1 Å². The van der Waals surface area contributed by atoms with Gasteiger partial charge in [0.2, 0.25) is 0 Å². The number of guanidine groups is 1. The zero-order chi connectivity index (χ0) is 8.97. The van der Waals surface area contributed by atoms with Gasteiger partial charge in [-0.2, -0.15) is 0 Å². The van der Waals surface area contributed by atoms with Crippen molar-refractivity contribution >= 4 is 5.96 Å². The maximum Gasteiger partial charge on any atom is 0.188 e. The van der Waals surface area contributed by atoms with Gasteiger partial charge in [0.15, 0.2) is 5.96 Å². The lowest BCUT2D eigenvalue weighted by Crippen LogP contribution is -2.44. The monoisotopic (exact) mass is 171 g/mol. The number of rotatable bonds is 2. The van der Waals surface area contributed by atoms with Gasteiger partial charge < -0.3 is 15.8 Å². The predicted molar refractivity (Wildman–Crippen MR) is 49.1 cm³/mol. The molecule has 1 fully saturated rings. The van der Waals surface area contributed by atoms with Crippen LogP contribution in [0.3, 0.4) is 0 Å². The van der Waals surface area contributed by atoms with Crippen molar-refractivity contribution in [3.8, 4) is 0 Å². The maximum absolute atomic E-state index is 5.52. The molecule has 0 bridgehead atoms. The summed E-state index contributed by atoms with van der Waals surface area (Å²) in [6, 6.07) is 0.260. The highest BCUT2D eigenvalue weighted by atomic mass is 16.5. The molecule has 1 rings (SSSR count). The zero-order valence-corrected chi connectivity index (χ0v) is 7.71. The zero-order valence-electron chi connectivity index (χ0n) is 7.71. The van der Waals surface area contributed by atoms with Gasteiger partial charge in [-0.3, -0.25) is 4.99 Å². The van der Waals surface area contributed by atoms with Crippen molar-refractivity contribution in [1.29, 1.82) is 0 Å². The Morgan fingerprint density at radius 2 is 2.50 bits per heavy atom. The lowest BCUT2D eigenvalue weighted by Gasteiger charge is -2.19. The van der Waals surface area contributed by atoms with Crippen molar-refractivity contribution in [2.75, 3.05) is 13.7 Å². The Kier molecular flexibility index (Phi) is 3.34. The second-order valence-electron chi connectivity index (χ2n) is 3.09. The molecular weight excluding hydrogens is 154 g/mol. The first-order valence-corrected chi connectivity index (χ1v) is 4.34. The van der Waals surface area contributed by atoms with Gasteiger partial charge >= 0.3 is 0 Å². The van der Waals surface area contributed by atoms with Gasteiger partial charge in [0.1, 0.15) is 0 Å². The number of hydrogen-bond acceptors (Lipinski definition) is 2. The fourth-order valence-electron chi connectivity index (χ4n) is 1.39. The molecule has 0 radical (unpaired) electrons. The normalized spacial score (nSPS) is 27.2. The molecule has 0 amide bonds. The van der Waals surface area contributed by atoms with E-state index in [9.17, 15) is 0 Å². The minimum absolute atomic E-state index is 0.260. The van der Waals surface area contributed by atoms with Crippen molar-refractivity contribution in [2.45, 2.75) is 31.9 Å². The second-order valence-corrected chi connectivity index (χ2v) is 3.09. The van der Waals surface area contributed by atoms with Crippen LogP contribution in [-0.4, -0.2) is 31.8 Å². The van der Waals surface area contributed by atoms with Crippen LogP contribution in [0, 0.1) is 0 Å². The van der Waals surface area contributed by atoms with Gasteiger partial charge in [-0.25, -0.2) is 0 Å². The number of nitrogens with one attached hydrogen (secondary N) is 1. The minimum Gasteiger partial charge on any atom is -0.376 e. The van der Waals surface area contributed by atoms with Crippen LogP contribution in [0.5, 0.6) is 0 Å². The molecule has 70 valence electrons. The van der Waals surface area contributed by atoms with Crippen LogP contribution in [0.25, 0.3) is 0 Å². The van der Waals surface area contributed by atoms with Crippen molar-refractivity contribution < 1.29 is 4.74 Å². The molecule has 2 atom stereocenters. The standard InChI is InChI=1S/C8H17N3O/c1-6(11-8(9)10-2)7-4-3-5-12-7/h6-7H,3-5H2,1-2H3,(H3,9,10,11). The highest BCUT2D eigenvalue weighted by Crippen LogP contribution is 2.14. The number of ether oxygens (including phenoxy) is 1. The van der Waals surface area contributed by atoms with Gasteiger partial charge in [-0.05, 0) is 19.8 Å². The van der Waals surface area contributed by atoms with E-state index in [1.54, 1.807) is 7.05 Å². The predicted octanol–water partition coefficient (Wildman–Crippen LogP) is 0.0880. The Morgan fingerprint density at radius 1 is 1.75 bits per heavy atom. The molecule has 2 unspecified atom stereocenters. The Bertz CT molecular complexity index is 164. The van der Waals surface area contributed by atoms with Crippen LogP contribution < -0.4 is 11.1 Å². The Balaban J connectivity index is 2.31. The first kappa shape index (κ1) is 9.32. The van der Waals surface area contributed by atoms with Gasteiger partial charge in [0.25, 0.3) is 0 Å². The molecular formula is C8H17N3O. The SMILES string of the molecule is CN=C(N)NC(C)C1CCCO1. The first-order valence-electron chi connectivity index (χ1n) is 4.34. The fourth-order valence-corrected chi connectivity index (χ4v) is 1.39. The van der Waals surface area contributed by atoms with E-state index in [4.69, 9.17) is 10.5 Å². The van der Waals surface area contributed by atoms with E-state index < -0.39 is 0 Å². The summed E-state index contributed by atoms with van der Waals surface area (Å²) in [6.45, 7) is 2.94. The minimum atomic E-state index is 0.260. The van der Waals surface area contributed by atoms with E-state index in [0.717, 1.165) is 19.4 Å². The first-order chi connectivity index (χ1) is 5.74. The lowest BCUT2D eigenvalue weighted by atomic mass is 10.1. The summed E-state index contributed by atoms with van der Waals surface area (Å²) in [5.74, 6) is 0.484. The van der Waals surface area contributed by atoms with Gasteiger partial charge in [-0.1, -0.05) is 0 Å². The van der Waals surface area contributed by atoms with E-state index in [-0.39, 0.29) is 6.04 Å². The van der Waals surface area contributed by atoms with E-state index in [1.807, 2.05) is 0 Å². The van der Waals surface area contributed by atoms with E-state index in [2.05, 4.69) is 17.2 Å². The summed E-state index contributed by atoms with van der Waals surface area (Å²) in [5.41, 5.74) is 5.52. The molecule has 1 aliphatic heterocycles. The quantitative estimate of drug-likeness (QED) is 0.457. The molecule has 1 saturated heterocycles. The van der Waals surface area contributed by atoms with Crippen LogP contribution in [0.2, 0.25) is 0 Å². The van der Waals surface area contributed by atoms with Crippen LogP contribution in [0.4, 0.5) is 0 Å². The molecule has 0 saturated carbocycles. The Morgan fingerprint density at radius 3 is 3.00 bits per heavy atom. The molecule has 0 aliphatic carbocycles. The molecule has 3 N–H and O–H groups in total. The summed E-state index contributed by atoms with van der Waals surface area (Å²) < 4.78 is 5.49. The van der Waals surface area contributed by atoms with Gasteiger partial charge in [-0.15, -0.1) is 0 Å². The van der Waals surface area contributed by atoms with Gasteiger partial charge in [0, 0.05) is 13.7 Å². The van der Waals surface area contributed by atoms with Crippen molar-refractivity contribution in [3.05, 3.63) is 0 Å². The van der Waals surface area contributed by atoms with Crippen LogP contribution in [0.1, 0.15) is 19.8 Å². The van der Waals surface area contributed by atoms with E-state index >= 15 is 0 Å². The molecule has 1 aliphatic rings. The molecule has 12 heavy (non-hydrogen) atoms. The highest BCUT2D eigenvalue weighted by Gasteiger charge is 2.22. The van der Waals surface area contributed by atoms with Crippen molar-refractivity contribution in [3.63, 3.8) is 0 Å². The number of hydrogen-bond donors (Lipinski definition) is 2. The molecule has 4 nitrogen and oxygen atoms in total. The second kappa shape index (κ2) is 4.30. The molecule has 0 aromatic rings. The molecule has 0 spiro atoms. The largest absolute Gasteiger partial charge is 0.376 e. The van der Waals surface area contributed by atoms with Crippen molar-refractivity contribution in [1.82, 2.24) is 5.32 Å². The molecule has 1 heterocycles. The summed E-state index contributed by atoms with van der Waals surface area (Å²) >= 11 is 0. The average Bonchev–Trinajstić information content (AvgIpc) is 2.56. The van der Waals surface area contributed by atoms with Crippen molar-refractivity contribution in [2.24, 2.45) is 10.7 Å². The van der Waals surface area contributed by atoms with Crippen LogP contribution >= 0.6 is 0 Å². The summed E-state index contributed by atoms with van der Waals surface area (Å²) in [6.07, 6.45) is 2.57. The average molecular weight is 171 g/mol. The fraction of sp³-hybridized carbons (Fsp3) is 0.875. The highest BCUT2D eigenvalue weighted by molar-refractivity contribution is 5.77. The van der Waals surface area contributed by atoms with E-state index in [1.165, 1.54) is 0 Å². The third-order valence-electron chi connectivity index (χ3n) is 2.14. The maximum atomic E-state index is 5.52. The number of aliphatic imine (C=N–C) groups is 1. The third-order valence-corrected chi connectivity index (χ3v) is 2.14. The third kappa shape index (κ3) is 2.37. The number of nitrogens with zero attached hydrogens (tertiary/aromatic N) is 1. The smallest absolute Gasteiger partial charge is 0.188 e. The summed E-state index contributed by atoms with van der Waals surface area (Å²) in [4.78, 5) is 3.83. The molecule has 0 aromatic carbocycles. The lowest BCUT2D eigenvalue weighted by molar-refractivity contribution is 0.0892. The molecule has 0 aromatic heterocycles. The topological polar surface area (TPSA) is 59.6 Å². The van der Waals surface area contributed by atoms with Crippen LogP contribution in [-0.2, 0) is 4.74 Å². The number of nitrogens with two attached hydrogens (primary N) is 1.